The zero-order valence-electron chi connectivity index (χ0n) is 7.11. The number of piperazine rings is 1. The molecule has 1 aromatic rings. The molecule has 1 aromatic carbocycles. The zero-order chi connectivity index (χ0) is 8.23. The van der Waals surface area contributed by atoms with E-state index in [1.165, 1.54) is 5.69 Å². The maximum atomic E-state index is 4.31. The number of rotatable bonds is 1. The van der Waals surface area contributed by atoms with Gasteiger partial charge in [0, 0.05) is 5.69 Å². The molecule has 0 unspecified atom stereocenters. The summed E-state index contributed by atoms with van der Waals surface area (Å²) in [5.74, 6) is 0. The van der Waals surface area contributed by atoms with Gasteiger partial charge in [0.1, 0.15) is 0 Å². The van der Waals surface area contributed by atoms with Crippen LogP contribution in [0.2, 0.25) is 0 Å². The molecule has 2 rings (SSSR count). The smallest absolute Gasteiger partial charge is 0.0365 e. The minimum Gasteiger partial charge on any atom is -0.659 e. The maximum absolute atomic E-state index is 4.31. The summed E-state index contributed by atoms with van der Waals surface area (Å²) in [6, 6.07) is 10.5. The van der Waals surface area contributed by atoms with E-state index in [4.69, 9.17) is 0 Å². The lowest BCUT2D eigenvalue weighted by Crippen LogP contribution is -2.33. The lowest BCUT2D eigenvalue weighted by Gasteiger charge is -2.36. The highest BCUT2D eigenvalue weighted by Crippen LogP contribution is 2.15. The maximum Gasteiger partial charge on any atom is 0.0365 e. The van der Waals surface area contributed by atoms with E-state index in [0.29, 0.717) is 0 Å². The highest BCUT2D eigenvalue weighted by Gasteiger charge is 2.03. The molecule has 0 N–H and O–H groups in total. The normalized spacial score (nSPS) is 17.8. The molecule has 2 heteroatoms. The molecular weight excluding hydrogens is 148 g/mol. The molecule has 0 atom stereocenters. The summed E-state index contributed by atoms with van der Waals surface area (Å²) in [4.78, 5) is 2.38. The first kappa shape index (κ1) is 7.62. The van der Waals surface area contributed by atoms with Gasteiger partial charge in [-0.2, -0.15) is 0 Å². The van der Waals surface area contributed by atoms with Gasteiger partial charge in [-0.1, -0.05) is 18.2 Å². The van der Waals surface area contributed by atoms with Gasteiger partial charge in [0.2, 0.25) is 0 Å². The molecule has 1 saturated heterocycles. The van der Waals surface area contributed by atoms with Crippen molar-refractivity contribution in [2.75, 3.05) is 31.1 Å². The Kier molecular flexibility index (Phi) is 2.28. The molecule has 0 bridgehead atoms. The summed E-state index contributed by atoms with van der Waals surface area (Å²) in [6.45, 7) is 4.11. The van der Waals surface area contributed by atoms with Crippen LogP contribution >= 0.6 is 0 Å². The molecule has 0 aromatic heterocycles. The number of para-hydroxylation sites is 1. The molecular formula is C10H13N2-. The third-order valence-corrected chi connectivity index (χ3v) is 2.18. The number of nitrogens with zero attached hydrogens (tertiary/aromatic N) is 2. The van der Waals surface area contributed by atoms with Crippen molar-refractivity contribution in [3.8, 4) is 0 Å². The zero-order valence-corrected chi connectivity index (χ0v) is 7.11. The van der Waals surface area contributed by atoms with Crippen LogP contribution in [-0.4, -0.2) is 26.2 Å². The fourth-order valence-corrected chi connectivity index (χ4v) is 1.50. The Morgan fingerprint density at radius 3 is 2.33 bits per heavy atom. The van der Waals surface area contributed by atoms with Crippen molar-refractivity contribution in [2.24, 2.45) is 0 Å². The average Bonchev–Trinajstić information content (AvgIpc) is 2.21. The van der Waals surface area contributed by atoms with Gasteiger partial charge < -0.3 is 10.2 Å². The molecule has 1 aliphatic rings. The monoisotopic (exact) mass is 161 g/mol. The number of benzene rings is 1. The summed E-state index contributed by atoms with van der Waals surface area (Å²) < 4.78 is 0. The quantitative estimate of drug-likeness (QED) is 0.614. The Balaban J connectivity index is 2.08. The third-order valence-electron chi connectivity index (χ3n) is 2.18. The molecule has 0 saturated carbocycles. The first-order valence-electron chi connectivity index (χ1n) is 4.40. The molecule has 0 amide bonds. The average molecular weight is 161 g/mol. The van der Waals surface area contributed by atoms with Crippen molar-refractivity contribution in [1.29, 1.82) is 0 Å². The third kappa shape index (κ3) is 1.59. The lowest BCUT2D eigenvalue weighted by molar-refractivity contribution is 0.759. The number of hydrogen-bond acceptors (Lipinski definition) is 1. The van der Waals surface area contributed by atoms with E-state index in [1.807, 2.05) is 0 Å². The Bertz CT molecular complexity index is 227. The van der Waals surface area contributed by atoms with Crippen LogP contribution in [0.1, 0.15) is 0 Å². The van der Waals surface area contributed by atoms with Gasteiger partial charge in [-0.15, -0.1) is 13.1 Å². The predicted octanol–water partition coefficient (Wildman–Crippen LogP) is 1.88. The first-order chi connectivity index (χ1) is 5.97. The fourth-order valence-electron chi connectivity index (χ4n) is 1.50. The van der Waals surface area contributed by atoms with E-state index in [9.17, 15) is 0 Å². The van der Waals surface area contributed by atoms with E-state index in [1.54, 1.807) is 0 Å². The molecule has 0 spiro atoms. The van der Waals surface area contributed by atoms with Crippen LogP contribution in [-0.2, 0) is 0 Å². The Morgan fingerprint density at radius 2 is 1.67 bits per heavy atom. The van der Waals surface area contributed by atoms with Crippen LogP contribution in [0, 0.1) is 0 Å². The molecule has 0 aliphatic carbocycles. The largest absolute Gasteiger partial charge is 0.659 e. The highest BCUT2D eigenvalue weighted by molar-refractivity contribution is 5.46. The predicted molar refractivity (Wildman–Crippen MR) is 51.7 cm³/mol. The van der Waals surface area contributed by atoms with Crippen LogP contribution < -0.4 is 4.90 Å². The van der Waals surface area contributed by atoms with E-state index in [2.05, 4.69) is 40.5 Å². The van der Waals surface area contributed by atoms with Crippen LogP contribution in [0.25, 0.3) is 5.32 Å². The summed E-state index contributed by atoms with van der Waals surface area (Å²) in [6.07, 6.45) is 0. The first-order valence-corrected chi connectivity index (χ1v) is 4.40. The fraction of sp³-hybridized carbons (Fsp3) is 0.400. The number of anilines is 1. The van der Waals surface area contributed by atoms with E-state index in [0.717, 1.165) is 26.2 Å². The van der Waals surface area contributed by atoms with E-state index < -0.39 is 0 Å². The van der Waals surface area contributed by atoms with Gasteiger partial charge in [0.25, 0.3) is 0 Å². The topological polar surface area (TPSA) is 17.3 Å². The second-order valence-electron chi connectivity index (χ2n) is 2.99. The molecule has 12 heavy (non-hydrogen) atoms. The van der Waals surface area contributed by atoms with Crippen molar-refractivity contribution in [3.05, 3.63) is 35.6 Å². The SMILES string of the molecule is c1ccc(N2CC[N-]CC2)cc1. The van der Waals surface area contributed by atoms with Gasteiger partial charge >= 0.3 is 0 Å². The summed E-state index contributed by atoms with van der Waals surface area (Å²) >= 11 is 0. The van der Waals surface area contributed by atoms with E-state index in [-0.39, 0.29) is 0 Å². The second kappa shape index (κ2) is 3.59. The summed E-state index contributed by atoms with van der Waals surface area (Å²) in [5, 5.41) is 4.31. The van der Waals surface area contributed by atoms with E-state index >= 15 is 0 Å². The molecule has 0 radical (unpaired) electrons. The molecule has 1 fully saturated rings. The van der Waals surface area contributed by atoms with Crippen molar-refractivity contribution < 1.29 is 0 Å². The van der Waals surface area contributed by atoms with Gasteiger partial charge in [-0.05, 0) is 25.2 Å². The van der Waals surface area contributed by atoms with Gasteiger partial charge in [0.05, 0.1) is 0 Å². The number of hydrogen-bond donors (Lipinski definition) is 0. The Morgan fingerprint density at radius 1 is 1.00 bits per heavy atom. The summed E-state index contributed by atoms with van der Waals surface area (Å²) in [7, 11) is 0. The lowest BCUT2D eigenvalue weighted by atomic mass is 10.2. The van der Waals surface area contributed by atoms with Gasteiger partial charge in [0.15, 0.2) is 0 Å². The minimum atomic E-state index is 0.981. The molecule has 1 aliphatic heterocycles. The van der Waals surface area contributed by atoms with Gasteiger partial charge in [-0.25, -0.2) is 0 Å². The van der Waals surface area contributed by atoms with Crippen LogP contribution in [0.15, 0.2) is 30.3 Å². The van der Waals surface area contributed by atoms with Gasteiger partial charge in [-0.3, -0.25) is 0 Å². The van der Waals surface area contributed by atoms with Crippen LogP contribution in [0.5, 0.6) is 0 Å². The molecule has 1 heterocycles. The van der Waals surface area contributed by atoms with Crippen LogP contribution in [0.3, 0.4) is 0 Å². The minimum absolute atomic E-state index is 0.981. The van der Waals surface area contributed by atoms with Crippen molar-refractivity contribution in [1.82, 2.24) is 0 Å². The summed E-state index contributed by atoms with van der Waals surface area (Å²) in [5.41, 5.74) is 1.33. The van der Waals surface area contributed by atoms with Crippen molar-refractivity contribution in [2.45, 2.75) is 0 Å². The van der Waals surface area contributed by atoms with Crippen molar-refractivity contribution >= 4 is 5.69 Å². The highest BCUT2D eigenvalue weighted by atomic mass is 15.2. The van der Waals surface area contributed by atoms with Crippen LogP contribution in [0.4, 0.5) is 5.69 Å². The standard InChI is InChI=1S/C10H13N2/c1-2-4-10(5-3-1)12-8-6-11-7-9-12/h1-5H,6-9H2/q-1. The Labute approximate surface area is 73.2 Å². The van der Waals surface area contributed by atoms with Crippen molar-refractivity contribution in [3.63, 3.8) is 0 Å². The molecule has 64 valence electrons. The molecule has 2 nitrogen and oxygen atoms in total. The second-order valence-corrected chi connectivity index (χ2v) is 2.99. The Hall–Kier alpha value is -1.02.